The van der Waals surface area contributed by atoms with Gasteiger partial charge < -0.3 is 19.5 Å². The van der Waals surface area contributed by atoms with Crippen molar-refractivity contribution in [3.63, 3.8) is 0 Å². The number of nitrogens with zero attached hydrogens (tertiary/aromatic N) is 3. The molecule has 2 aromatic heterocycles. The van der Waals surface area contributed by atoms with Crippen LogP contribution >= 0.6 is 0 Å². The number of hydrogen-bond donors (Lipinski definition) is 1. The Morgan fingerprint density at radius 1 is 1.21 bits per heavy atom. The van der Waals surface area contributed by atoms with E-state index >= 15 is 0 Å². The fraction of sp³-hybridized carbons (Fsp3) is 0.353. The van der Waals surface area contributed by atoms with E-state index in [-0.39, 0.29) is 18.0 Å². The molecule has 1 saturated heterocycles. The molecule has 126 valence electrons. The zero-order chi connectivity index (χ0) is 16.8. The molecule has 1 N–H and O–H groups in total. The number of anilines is 1. The number of carbonyl (C=O) groups excluding carboxylic acids is 1. The Morgan fingerprint density at radius 2 is 2.04 bits per heavy atom. The molecule has 3 rings (SSSR count). The highest BCUT2D eigenvalue weighted by atomic mass is 16.5. The SMILES string of the molecule is O=C(Cn1ccccc1=O)NCc1cccnc1N1CCOCC1. The zero-order valence-electron chi connectivity index (χ0n) is 13.4. The van der Waals surface area contributed by atoms with Crippen molar-refractivity contribution in [3.05, 3.63) is 58.6 Å². The number of aromatic nitrogens is 2. The highest BCUT2D eigenvalue weighted by Gasteiger charge is 2.16. The van der Waals surface area contributed by atoms with Crippen LogP contribution in [0.5, 0.6) is 0 Å². The number of morpholine rings is 1. The van der Waals surface area contributed by atoms with Gasteiger partial charge in [-0.05, 0) is 12.1 Å². The Hall–Kier alpha value is -2.67. The van der Waals surface area contributed by atoms with E-state index in [4.69, 9.17) is 4.74 Å². The van der Waals surface area contributed by atoms with Crippen molar-refractivity contribution < 1.29 is 9.53 Å². The molecule has 1 aliphatic heterocycles. The maximum Gasteiger partial charge on any atom is 0.250 e. The van der Waals surface area contributed by atoms with Crippen LogP contribution in [-0.2, 0) is 22.6 Å². The van der Waals surface area contributed by atoms with Crippen LogP contribution in [0.1, 0.15) is 5.56 Å². The van der Waals surface area contributed by atoms with Crippen molar-refractivity contribution in [2.75, 3.05) is 31.2 Å². The fourth-order valence-electron chi connectivity index (χ4n) is 2.62. The summed E-state index contributed by atoms with van der Waals surface area (Å²) in [5.41, 5.74) is 0.760. The molecule has 0 aromatic carbocycles. The van der Waals surface area contributed by atoms with Gasteiger partial charge in [0.1, 0.15) is 12.4 Å². The summed E-state index contributed by atoms with van der Waals surface area (Å²) in [5.74, 6) is 0.665. The standard InChI is InChI=1S/C17H20N4O3/c22-15(13-21-7-2-1-5-16(21)23)19-12-14-4-3-6-18-17(14)20-8-10-24-11-9-20/h1-7H,8-13H2,(H,19,22). The molecular weight excluding hydrogens is 308 g/mol. The lowest BCUT2D eigenvalue weighted by atomic mass is 10.2. The molecule has 7 heteroatoms. The fourth-order valence-corrected chi connectivity index (χ4v) is 2.62. The highest BCUT2D eigenvalue weighted by Crippen LogP contribution is 2.18. The molecular formula is C17H20N4O3. The second-order valence-corrected chi connectivity index (χ2v) is 5.53. The van der Waals surface area contributed by atoms with Crippen molar-refractivity contribution in [1.29, 1.82) is 0 Å². The van der Waals surface area contributed by atoms with Crippen molar-refractivity contribution in [2.24, 2.45) is 0 Å². The molecule has 0 radical (unpaired) electrons. The minimum atomic E-state index is -0.208. The van der Waals surface area contributed by atoms with Gasteiger partial charge in [0.05, 0.1) is 13.2 Å². The van der Waals surface area contributed by atoms with Crippen LogP contribution in [0.2, 0.25) is 0 Å². The second kappa shape index (κ2) is 7.74. The first-order chi connectivity index (χ1) is 11.7. The molecule has 1 aliphatic rings. The quantitative estimate of drug-likeness (QED) is 0.860. The predicted octanol–water partition coefficient (Wildman–Crippen LogP) is 0.396. The molecule has 0 bridgehead atoms. The number of nitrogens with one attached hydrogen (secondary N) is 1. The van der Waals surface area contributed by atoms with E-state index in [0.717, 1.165) is 24.5 Å². The molecule has 0 aliphatic carbocycles. The molecule has 0 atom stereocenters. The first-order valence-corrected chi connectivity index (χ1v) is 7.93. The van der Waals surface area contributed by atoms with Gasteiger partial charge in [-0.15, -0.1) is 0 Å². The Kier molecular flexibility index (Phi) is 5.22. The van der Waals surface area contributed by atoms with Gasteiger partial charge in [-0.1, -0.05) is 12.1 Å². The predicted molar refractivity (Wildman–Crippen MR) is 89.8 cm³/mol. The Bertz CT molecular complexity index is 753. The maximum absolute atomic E-state index is 12.1. The lowest BCUT2D eigenvalue weighted by molar-refractivity contribution is -0.121. The van der Waals surface area contributed by atoms with E-state index in [1.54, 1.807) is 24.5 Å². The third kappa shape index (κ3) is 3.99. The minimum absolute atomic E-state index is 0.00677. The van der Waals surface area contributed by atoms with E-state index in [2.05, 4.69) is 15.2 Å². The Labute approximate surface area is 139 Å². The summed E-state index contributed by atoms with van der Waals surface area (Å²) in [6.07, 6.45) is 3.35. The molecule has 24 heavy (non-hydrogen) atoms. The molecule has 1 amide bonds. The minimum Gasteiger partial charge on any atom is -0.378 e. The van der Waals surface area contributed by atoms with Crippen molar-refractivity contribution in [1.82, 2.24) is 14.9 Å². The molecule has 2 aromatic rings. The van der Waals surface area contributed by atoms with E-state index in [9.17, 15) is 9.59 Å². The molecule has 7 nitrogen and oxygen atoms in total. The smallest absolute Gasteiger partial charge is 0.250 e. The van der Waals surface area contributed by atoms with Crippen molar-refractivity contribution in [3.8, 4) is 0 Å². The summed E-state index contributed by atoms with van der Waals surface area (Å²) >= 11 is 0. The molecule has 3 heterocycles. The highest BCUT2D eigenvalue weighted by molar-refractivity contribution is 5.75. The van der Waals surface area contributed by atoms with Crippen LogP contribution in [0.15, 0.2) is 47.5 Å². The summed E-state index contributed by atoms with van der Waals surface area (Å²) in [5, 5.41) is 2.86. The normalized spacial score (nSPS) is 14.4. The summed E-state index contributed by atoms with van der Waals surface area (Å²) in [7, 11) is 0. The number of hydrogen-bond acceptors (Lipinski definition) is 5. The molecule has 1 fully saturated rings. The molecule has 0 unspecified atom stereocenters. The molecule has 0 spiro atoms. The van der Waals surface area contributed by atoms with Gasteiger partial charge in [0, 0.05) is 43.7 Å². The van der Waals surface area contributed by atoms with Crippen molar-refractivity contribution >= 4 is 11.7 Å². The zero-order valence-corrected chi connectivity index (χ0v) is 13.4. The summed E-state index contributed by atoms with van der Waals surface area (Å²) in [6, 6.07) is 8.62. The van der Waals surface area contributed by atoms with E-state index in [1.807, 2.05) is 12.1 Å². The third-order valence-corrected chi connectivity index (χ3v) is 3.87. The van der Waals surface area contributed by atoms with Gasteiger partial charge in [-0.3, -0.25) is 9.59 Å². The number of rotatable bonds is 5. The number of amides is 1. The first-order valence-electron chi connectivity index (χ1n) is 7.93. The summed E-state index contributed by atoms with van der Waals surface area (Å²) in [4.78, 5) is 30.3. The van der Waals surface area contributed by atoms with Gasteiger partial charge in [0.15, 0.2) is 0 Å². The van der Waals surface area contributed by atoms with Gasteiger partial charge in [0.2, 0.25) is 5.91 Å². The van der Waals surface area contributed by atoms with Crippen LogP contribution in [-0.4, -0.2) is 41.8 Å². The van der Waals surface area contributed by atoms with Crippen LogP contribution in [0, 0.1) is 0 Å². The van der Waals surface area contributed by atoms with Gasteiger partial charge in [-0.25, -0.2) is 4.98 Å². The number of ether oxygens (including phenoxy) is 1. The largest absolute Gasteiger partial charge is 0.378 e. The van der Waals surface area contributed by atoms with Gasteiger partial charge in [0.25, 0.3) is 5.56 Å². The van der Waals surface area contributed by atoms with E-state index in [0.29, 0.717) is 19.8 Å². The van der Waals surface area contributed by atoms with Crippen LogP contribution in [0.25, 0.3) is 0 Å². The number of pyridine rings is 2. The maximum atomic E-state index is 12.1. The van der Waals surface area contributed by atoms with Crippen molar-refractivity contribution in [2.45, 2.75) is 13.1 Å². The lowest BCUT2D eigenvalue weighted by Gasteiger charge is -2.29. The average molecular weight is 328 g/mol. The van der Waals surface area contributed by atoms with Gasteiger partial charge >= 0.3 is 0 Å². The van der Waals surface area contributed by atoms with E-state index < -0.39 is 0 Å². The number of carbonyl (C=O) groups is 1. The molecule has 0 saturated carbocycles. The summed E-state index contributed by atoms with van der Waals surface area (Å²) < 4.78 is 6.74. The topological polar surface area (TPSA) is 76.5 Å². The van der Waals surface area contributed by atoms with Gasteiger partial charge in [-0.2, -0.15) is 0 Å². The second-order valence-electron chi connectivity index (χ2n) is 5.53. The average Bonchev–Trinajstić information content (AvgIpc) is 2.63. The van der Waals surface area contributed by atoms with Crippen LogP contribution in [0.4, 0.5) is 5.82 Å². The summed E-state index contributed by atoms with van der Waals surface area (Å²) in [6.45, 7) is 3.32. The first kappa shape index (κ1) is 16.2. The Balaban J connectivity index is 1.63. The third-order valence-electron chi connectivity index (χ3n) is 3.87. The van der Waals surface area contributed by atoms with E-state index in [1.165, 1.54) is 10.6 Å². The van der Waals surface area contributed by atoms with Crippen LogP contribution in [0.3, 0.4) is 0 Å². The lowest BCUT2D eigenvalue weighted by Crippen LogP contribution is -2.38. The Morgan fingerprint density at radius 3 is 2.83 bits per heavy atom. The monoisotopic (exact) mass is 328 g/mol. The van der Waals surface area contributed by atoms with Crippen LogP contribution < -0.4 is 15.8 Å².